The first kappa shape index (κ1) is 44.0. The zero-order chi connectivity index (χ0) is 52.8. The smallest absolute Gasteiger partial charge is 0.0798 e. The topological polar surface area (TPSA) is 30.7 Å². The fourth-order valence-corrected chi connectivity index (χ4v) is 12.5. The van der Waals surface area contributed by atoms with Crippen molar-refractivity contribution in [2.24, 2.45) is 5.92 Å². The second kappa shape index (κ2) is 21.5. The maximum atomic E-state index is 9.03. The molecule has 0 bridgehead atoms. The number of thiophene rings is 1. The van der Waals surface area contributed by atoms with Gasteiger partial charge in [-0.15, -0.1) is 59.2 Å². The third-order valence-corrected chi connectivity index (χ3v) is 17.0. The van der Waals surface area contributed by atoms with Crippen LogP contribution >= 0.6 is 11.3 Å². The van der Waals surface area contributed by atoms with E-state index in [1.54, 1.807) is 12.1 Å². The number of aromatic nitrogens is 3. The molecule has 0 amide bonds. The van der Waals surface area contributed by atoms with Gasteiger partial charge < -0.3 is 9.55 Å². The van der Waals surface area contributed by atoms with Crippen LogP contribution in [-0.2, 0) is 26.5 Å². The van der Waals surface area contributed by atoms with Crippen LogP contribution in [0.15, 0.2) is 158 Å². The molecule has 0 spiro atoms. The molecule has 1 aliphatic rings. The monoisotopic (exact) mass is 1150 g/mol. The van der Waals surface area contributed by atoms with Crippen LogP contribution in [0.5, 0.6) is 0 Å². The number of hydrogen-bond donors (Lipinski definition) is 0. The van der Waals surface area contributed by atoms with Crippen molar-refractivity contribution in [2.75, 3.05) is 0 Å². The molecule has 10 aromatic rings. The largest absolute Gasteiger partial charge is 0.333 e. The van der Waals surface area contributed by atoms with Gasteiger partial charge in [0.15, 0.2) is 0 Å². The predicted molar refractivity (Wildman–Crippen MR) is 304 cm³/mol. The average Bonchev–Trinajstić information content (AvgIpc) is 4.02. The molecule has 0 saturated heterocycles. The van der Waals surface area contributed by atoms with Crippen LogP contribution in [0.1, 0.15) is 101 Å². The van der Waals surface area contributed by atoms with Crippen molar-refractivity contribution in [3.05, 3.63) is 192 Å². The Balaban J connectivity index is 0.000000204. The molecule has 0 atom stereocenters. The summed E-state index contributed by atoms with van der Waals surface area (Å²) in [6.07, 6.45) is 5.68. The molecule has 3 heterocycles. The van der Waals surface area contributed by atoms with E-state index in [0.29, 0.717) is 23.1 Å². The number of pyridine rings is 1. The number of para-hydroxylation sites is 2. The summed E-state index contributed by atoms with van der Waals surface area (Å²) in [6, 6.07) is 59.4. The molecule has 0 aliphatic heterocycles. The van der Waals surface area contributed by atoms with Gasteiger partial charge in [0.1, 0.15) is 0 Å². The molecule has 1 radical (unpaired) electrons. The number of benzene rings is 7. The van der Waals surface area contributed by atoms with E-state index in [4.69, 9.17) is 11.8 Å². The summed E-state index contributed by atoms with van der Waals surface area (Å²) >= 11 is 1.83. The predicted octanol–water partition coefficient (Wildman–Crippen LogP) is 18.0. The van der Waals surface area contributed by atoms with Crippen molar-refractivity contribution in [1.29, 1.82) is 0 Å². The van der Waals surface area contributed by atoms with Crippen LogP contribution in [0.3, 0.4) is 0 Å². The molecule has 3 aromatic heterocycles. The number of fused-ring (bicyclic) bond motifs is 4. The molecule has 6 heteroatoms. The summed E-state index contributed by atoms with van der Waals surface area (Å²) in [5, 5.41) is 3.59. The van der Waals surface area contributed by atoms with Crippen molar-refractivity contribution >= 4 is 55.8 Å². The second-order valence-electron chi connectivity index (χ2n) is 20.6. The molecule has 1 aliphatic carbocycles. The minimum Gasteiger partial charge on any atom is -0.333 e. The minimum absolute atomic E-state index is 0. The summed E-state index contributed by atoms with van der Waals surface area (Å²) in [7, 11) is -1.80. The SMILES string of the molecule is CC(C)c1cc(-c2ccccc2)cc(C(C)C)c1-n1c(-c2[c-]cc3sc4ccc(-c5ccccc5)cc4c3c2)nc2ccccc21.[2H]C([2H])([2H])c1c[c-]c(-c2cc(C([2H])([2H])C3CCCCC3)c([Si](C)(C)C)cn2)cc1.[Ir]. The van der Waals surface area contributed by atoms with Gasteiger partial charge in [0.25, 0.3) is 0 Å². The van der Waals surface area contributed by atoms with Gasteiger partial charge in [-0.1, -0.05) is 182 Å². The number of hydrogen-bond acceptors (Lipinski definition) is 3. The van der Waals surface area contributed by atoms with Crippen molar-refractivity contribution < 1.29 is 27.0 Å². The van der Waals surface area contributed by atoms with Crippen molar-refractivity contribution in [3.8, 4) is 50.6 Å². The Morgan fingerprint density at radius 2 is 1.32 bits per heavy atom. The van der Waals surface area contributed by atoms with E-state index in [-0.39, 0.29) is 31.6 Å². The fourth-order valence-electron chi connectivity index (χ4n) is 10.1. The van der Waals surface area contributed by atoms with Gasteiger partial charge in [-0.05, 0) is 115 Å². The van der Waals surface area contributed by atoms with E-state index in [2.05, 4.69) is 196 Å². The van der Waals surface area contributed by atoms with Gasteiger partial charge in [0.2, 0.25) is 0 Å². The van der Waals surface area contributed by atoms with Crippen LogP contribution in [-0.4, -0.2) is 22.6 Å². The van der Waals surface area contributed by atoms with Crippen LogP contribution in [0.25, 0.3) is 81.8 Å². The Morgan fingerprint density at radius 1 is 0.676 bits per heavy atom. The van der Waals surface area contributed by atoms with E-state index in [1.807, 2.05) is 23.6 Å². The molecule has 0 unspecified atom stereocenters. The van der Waals surface area contributed by atoms with Crippen LogP contribution in [0.2, 0.25) is 19.6 Å². The number of rotatable bonds is 10. The first-order chi connectivity index (χ1) is 35.9. The summed E-state index contributed by atoms with van der Waals surface area (Å²) in [6.45, 7) is 13.7. The van der Waals surface area contributed by atoms with Gasteiger partial charge >= 0.3 is 0 Å². The first-order valence-electron chi connectivity index (χ1n) is 27.6. The number of aryl methyl sites for hydroxylation is 1. The Morgan fingerprint density at radius 3 is 1.97 bits per heavy atom. The first-order valence-corrected chi connectivity index (χ1v) is 29.4. The normalized spacial score (nSPS) is 14.6. The third kappa shape index (κ3) is 10.7. The van der Waals surface area contributed by atoms with Gasteiger partial charge in [0.05, 0.1) is 24.9 Å². The molecule has 1 saturated carbocycles. The zero-order valence-electron chi connectivity index (χ0n) is 46.9. The molecule has 3 nitrogen and oxygen atoms in total. The number of nitrogens with zero attached hydrogens (tertiary/aromatic N) is 3. The number of imidazole rings is 1. The molecule has 1 fully saturated rings. The maximum absolute atomic E-state index is 9.03. The Labute approximate surface area is 447 Å². The quantitative estimate of drug-likeness (QED) is 0.101. The Hall–Kier alpha value is -5.75. The van der Waals surface area contributed by atoms with Gasteiger partial charge in [0, 0.05) is 43.5 Å². The zero-order valence-corrected chi connectivity index (χ0v) is 46.1. The van der Waals surface area contributed by atoms with Crippen molar-refractivity contribution in [1.82, 2.24) is 14.5 Å². The molecular formula is C65H65IrN3SSi-2. The second-order valence-corrected chi connectivity index (χ2v) is 26.7. The van der Waals surface area contributed by atoms with Crippen molar-refractivity contribution in [3.63, 3.8) is 0 Å². The van der Waals surface area contributed by atoms with E-state index >= 15 is 0 Å². The van der Waals surface area contributed by atoms with Crippen LogP contribution < -0.4 is 5.19 Å². The molecule has 0 N–H and O–H groups in total. The molecule has 7 aromatic carbocycles. The van der Waals surface area contributed by atoms with E-state index in [9.17, 15) is 0 Å². The minimum atomic E-state index is -2.16. The summed E-state index contributed by atoms with van der Waals surface area (Å²) in [5.41, 5.74) is 14.3. The van der Waals surface area contributed by atoms with Crippen molar-refractivity contribution in [2.45, 2.75) is 105 Å². The third-order valence-electron chi connectivity index (χ3n) is 13.8. The van der Waals surface area contributed by atoms with Gasteiger partial charge in [-0.25, -0.2) is 0 Å². The fraction of sp³-hybridized carbons (Fsp3) is 0.262. The Bertz CT molecular complexity index is 3620. The average molecular weight is 1150 g/mol. The van der Waals surface area contributed by atoms with Gasteiger partial charge in [-0.3, -0.25) is 4.98 Å². The molecule has 361 valence electrons. The summed E-state index contributed by atoms with van der Waals surface area (Å²) in [5.74, 6) is 1.59. The molecule has 11 rings (SSSR count). The van der Waals surface area contributed by atoms with E-state index < -0.39 is 21.3 Å². The standard InChI is InChI=1S/C43H35N2S.C22H30NSi.Ir/c1-27(2)34-25-33(30-15-9-6-10-16-30)26-35(28(3)4)42(34)45-39-18-12-11-17-38(39)44-43(45)32-20-22-41-37(24-32)36-23-31(19-21-40(36)46-41)29-13-7-5-8-14-29;1-17-10-12-19(13-11-17)21-15-20(14-18-8-6-5-7-9-18)22(16-23-21)24(2,3)4;/h5-19,21-28H,1-4H3;10-12,15-16,18H,5-9,14H2,1-4H3;/q2*-1;/i;1D3,14D2;. The maximum Gasteiger partial charge on any atom is 0.0798 e. The van der Waals surface area contributed by atoms with E-state index in [0.717, 1.165) is 58.9 Å². The van der Waals surface area contributed by atoms with Crippen LogP contribution in [0.4, 0.5) is 0 Å². The van der Waals surface area contributed by atoms with Crippen LogP contribution in [0, 0.1) is 24.9 Å². The summed E-state index contributed by atoms with van der Waals surface area (Å²) < 4.78 is 45.6. The van der Waals surface area contributed by atoms with Gasteiger partial charge in [-0.2, -0.15) is 11.3 Å². The molecular weight excluding hydrogens is 1080 g/mol. The summed E-state index contributed by atoms with van der Waals surface area (Å²) in [4.78, 5) is 9.94. The molecule has 71 heavy (non-hydrogen) atoms. The Kier molecular flexibility index (Phi) is 13.3. The van der Waals surface area contributed by atoms with E-state index in [1.165, 1.54) is 71.7 Å².